The van der Waals surface area contributed by atoms with Gasteiger partial charge in [0.05, 0.1) is 0 Å². The molecule has 1 aromatic rings. The van der Waals surface area contributed by atoms with Gasteiger partial charge in [0.2, 0.25) is 0 Å². The molecule has 0 bridgehead atoms. The second-order valence-corrected chi connectivity index (χ2v) is 3.10. The first-order valence-electron chi connectivity index (χ1n) is 4.01. The Hall–Kier alpha value is -1.32. The molecule has 0 saturated carbocycles. The number of hydrogen-bond donors (Lipinski definition) is 1. The average molecular weight is 166 g/mol. The number of hydrogen-bond acceptors (Lipinski definition) is 2. The topological polar surface area (TPSA) is 54.9 Å². The molecule has 0 saturated heterocycles. The lowest BCUT2D eigenvalue weighted by molar-refractivity contribution is 0.740. The number of fused-ring (bicyclic) bond motifs is 1. The maximum Gasteiger partial charge on any atom is 0.328 e. The first-order chi connectivity index (χ1) is 5.70. The molecule has 0 aliphatic heterocycles. The molecular weight excluding hydrogens is 156 g/mol. The van der Waals surface area contributed by atoms with E-state index < -0.39 is 0 Å². The summed E-state index contributed by atoms with van der Waals surface area (Å²) >= 11 is 0. The maximum absolute atomic E-state index is 11.2. The number of rotatable bonds is 0. The maximum atomic E-state index is 11.2. The van der Waals surface area contributed by atoms with Gasteiger partial charge in [0.1, 0.15) is 0 Å². The van der Waals surface area contributed by atoms with Crippen molar-refractivity contribution < 1.29 is 0 Å². The van der Waals surface area contributed by atoms with Crippen LogP contribution in [0.3, 0.4) is 0 Å². The van der Waals surface area contributed by atoms with E-state index in [1.807, 2.05) is 0 Å². The molecule has 0 unspecified atom stereocenters. The molecular formula is C8H10N2O2. The lowest BCUT2D eigenvalue weighted by Gasteiger charge is -2.03. The summed E-state index contributed by atoms with van der Waals surface area (Å²) in [6.45, 7) is 0. The number of aromatic nitrogens is 2. The van der Waals surface area contributed by atoms with Gasteiger partial charge in [0.15, 0.2) is 0 Å². The van der Waals surface area contributed by atoms with Gasteiger partial charge in [-0.15, -0.1) is 0 Å². The molecule has 0 fully saturated rings. The van der Waals surface area contributed by atoms with Gasteiger partial charge >= 0.3 is 5.69 Å². The minimum absolute atomic E-state index is 0.203. The lowest BCUT2D eigenvalue weighted by atomic mass is 10.2. The highest BCUT2D eigenvalue weighted by Gasteiger charge is 2.17. The van der Waals surface area contributed by atoms with Crippen LogP contribution in [0.25, 0.3) is 0 Å². The van der Waals surface area contributed by atoms with E-state index in [1.165, 1.54) is 4.57 Å². The van der Waals surface area contributed by atoms with Crippen LogP contribution in [0, 0.1) is 0 Å². The Morgan fingerprint density at radius 1 is 1.33 bits per heavy atom. The largest absolute Gasteiger partial charge is 0.328 e. The summed E-state index contributed by atoms with van der Waals surface area (Å²) in [6.07, 6.45) is 2.64. The molecule has 0 aromatic carbocycles. The van der Waals surface area contributed by atoms with Crippen molar-refractivity contribution in [2.24, 2.45) is 7.05 Å². The zero-order chi connectivity index (χ0) is 8.72. The normalized spacial score (nSPS) is 14.8. The van der Waals surface area contributed by atoms with E-state index in [0.29, 0.717) is 0 Å². The van der Waals surface area contributed by atoms with Crippen molar-refractivity contribution in [3.05, 3.63) is 32.1 Å². The summed E-state index contributed by atoms with van der Waals surface area (Å²) in [4.78, 5) is 24.6. The predicted molar refractivity (Wildman–Crippen MR) is 44.3 cm³/mol. The summed E-state index contributed by atoms with van der Waals surface area (Å²) in [7, 11) is 1.70. The van der Waals surface area contributed by atoms with E-state index in [-0.39, 0.29) is 11.2 Å². The van der Waals surface area contributed by atoms with Crippen molar-refractivity contribution in [2.45, 2.75) is 19.3 Å². The fraction of sp³-hybridized carbons (Fsp3) is 0.500. The van der Waals surface area contributed by atoms with Gasteiger partial charge in [-0.1, -0.05) is 0 Å². The Kier molecular flexibility index (Phi) is 1.43. The molecule has 1 aliphatic rings. The van der Waals surface area contributed by atoms with Gasteiger partial charge in [0, 0.05) is 18.3 Å². The first-order valence-corrected chi connectivity index (χ1v) is 4.01. The summed E-state index contributed by atoms with van der Waals surface area (Å²) < 4.78 is 1.53. The van der Waals surface area contributed by atoms with Crippen LogP contribution in [-0.4, -0.2) is 9.55 Å². The van der Waals surface area contributed by atoms with Crippen LogP contribution in [0.5, 0.6) is 0 Å². The fourth-order valence-electron chi connectivity index (χ4n) is 1.72. The van der Waals surface area contributed by atoms with Gasteiger partial charge < -0.3 is 4.57 Å². The van der Waals surface area contributed by atoms with Crippen molar-refractivity contribution in [3.63, 3.8) is 0 Å². The fourth-order valence-corrected chi connectivity index (χ4v) is 1.72. The van der Waals surface area contributed by atoms with Crippen molar-refractivity contribution in [2.75, 3.05) is 0 Å². The van der Waals surface area contributed by atoms with Crippen molar-refractivity contribution in [1.82, 2.24) is 9.55 Å². The van der Waals surface area contributed by atoms with Crippen LogP contribution in [0.15, 0.2) is 9.59 Å². The number of nitrogens with zero attached hydrogens (tertiary/aromatic N) is 1. The third kappa shape index (κ3) is 0.841. The molecule has 1 N–H and O–H groups in total. The van der Waals surface area contributed by atoms with Gasteiger partial charge in [-0.05, 0) is 19.3 Å². The summed E-state index contributed by atoms with van der Waals surface area (Å²) in [5.74, 6) is 0. The molecule has 1 heterocycles. The minimum Gasteiger partial charge on any atom is -0.301 e. The Labute approximate surface area is 68.9 Å². The number of aromatic amines is 1. The molecule has 2 rings (SSSR count). The zero-order valence-electron chi connectivity index (χ0n) is 6.89. The van der Waals surface area contributed by atoms with E-state index in [1.54, 1.807) is 7.05 Å². The molecule has 12 heavy (non-hydrogen) atoms. The third-order valence-corrected chi connectivity index (χ3v) is 2.39. The Balaban J connectivity index is 2.87. The standard InChI is InChI=1S/C8H10N2O2/c1-10-6-4-2-3-5(6)7(11)9-8(10)12/h2-4H2,1H3,(H,9,11,12). The van der Waals surface area contributed by atoms with E-state index in [0.717, 1.165) is 30.5 Å². The summed E-state index contributed by atoms with van der Waals surface area (Å²) in [5.41, 5.74) is 1.19. The van der Waals surface area contributed by atoms with E-state index in [4.69, 9.17) is 0 Å². The Morgan fingerprint density at radius 2 is 2.08 bits per heavy atom. The van der Waals surface area contributed by atoms with Crippen molar-refractivity contribution in [1.29, 1.82) is 0 Å². The molecule has 0 spiro atoms. The minimum atomic E-state index is -0.305. The summed E-state index contributed by atoms with van der Waals surface area (Å²) in [5, 5.41) is 0. The third-order valence-electron chi connectivity index (χ3n) is 2.39. The van der Waals surface area contributed by atoms with Crippen molar-refractivity contribution in [3.8, 4) is 0 Å². The number of nitrogens with one attached hydrogen (secondary N) is 1. The second-order valence-electron chi connectivity index (χ2n) is 3.10. The molecule has 64 valence electrons. The highest BCUT2D eigenvalue weighted by atomic mass is 16.2. The van der Waals surface area contributed by atoms with Crippen molar-refractivity contribution >= 4 is 0 Å². The second kappa shape index (κ2) is 2.33. The quantitative estimate of drug-likeness (QED) is 0.568. The lowest BCUT2D eigenvalue weighted by Crippen LogP contribution is -2.31. The molecule has 0 amide bonds. The van der Waals surface area contributed by atoms with Gasteiger partial charge in [-0.3, -0.25) is 9.78 Å². The average Bonchev–Trinajstić information content (AvgIpc) is 2.48. The van der Waals surface area contributed by atoms with Crippen LogP contribution in [0.4, 0.5) is 0 Å². The monoisotopic (exact) mass is 166 g/mol. The predicted octanol–water partition coefficient (Wildman–Crippen LogP) is -0.438. The van der Waals surface area contributed by atoms with E-state index in [9.17, 15) is 9.59 Å². The van der Waals surface area contributed by atoms with Crippen LogP contribution in [0.1, 0.15) is 17.7 Å². The van der Waals surface area contributed by atoms with Crippen LogP contribution in [-0.2, 0) is 19.9 Å². The molecule has 0 atom stereocenters. The smallest absolute Gasteiger partial charge is 0.301 e. The molecule has 0 radical (unpaired) electrons. The van der Waals surface area contributed by atoms with Gasteiger partial charge in [0.25, 0.3) is 5.56 Å². The Morgan fingerprint density at radius 3 is 2.83 bits per heavy atom. The highest BCUT2D eigenvalue weighted by molar-refractivity contribution is 5.22. The zero-order valence-corrected chi connectivity index (χ0v) is 6.89. The molecule has 1 aliphatic carbocycles. The van der Waals surface area contributed by atoms with Crippen LogP contribution >= 0.6 is 0 Å². The van der Waals surface area contributed by atoms with Crippen LogP contribution in [0.2, 0.25) is 0 Å². The molecule has 4 nitrogen and oxygen atoms in total. The SMILES string of the molecule is Cn1c2c(c(=O)[nH]c1=O)CCC2. The first kappa shape index (κ1) is 7.34. The van der Waals surface area contributed by atoms with E-state index >= 15 is 0 Å². The Bertz CT molecular complexity index is 428. The summed E-state index contributed by atoms with van der Waals surface area (Å²) in [6, 6.07) is 0. The number of H-pyrrole nitrogens is 1. The molecule has 1 aromatic heterocycles. The van der Waals surface area contributed by atoms with E-state index in [2.05, 4.69) is 4.98 Å². The highest BCUT2D eigenvalue weighted by Crippen LogP contribution is 2.14. The van der Waals surface area contributed by atoms with Gasteiger partial charge in [-0.2, -0.15) is 0 Å². The van der Waals surface area contributed by atoms with Gasteiger partial charge in [-0.25, -0.2) is 4.79 Å². The van der Waals surface area contributed by atoms with Crippen LogP contribution < -0.4 is 11.2 Å². The molecule has 4 heteroatoms.